The van der Waals surface area contributed by atoms with E-state index in [0.717, 1.165) is 0 Å². The van der Waals surface area contributed by atoms with E-state index in [1.165, 1.54) is 9.13 Å². The van der Waals surface area contributed by atoms with Crippen molar-refractivity contribution in [3.8, 4) is 17.3 Å². The molecular weight excluding hydrogens is 340 g/mol. The molecule has 0 aliphatic rings. The first-order valence-electron chi connectivity index (χ1n) is 8.40. The monoisotopic (exact) mass is 356 g/mol. The van der Waals surface area contributed by atoms with E-state index in [9.17, 15) is 9.90 Å². The van der Waals surface area contributed by atoms with Gasteiger partial charge in [0.1, 0.15) is 0 Å². The molecule has 4 aromatic rings. The highest BCUT2D eigenvalue weighted by Gasteiger charge is 2.21. The van der Waals surface area contributed by atoms with Gasteiger partial charge >= 0.3 is 5.69 Å². The largest absolute Gasteiger partial charge is 0.491 e. The van der Waals surface area contributed by atoms with Crippen molar-refractivity contribution in [2.75, 3.05) is 0 Å². The number of aromatic nitrogens is 2. The van der Waals surface area contributed by atoms with Crippen LogP contribution in [0.1, 0.15) is 0 Å². The van der Waals surface area contributed by atoms with Crippen LogP contribution in [-0.2, 0) is 0 Å². The molecule has 0 saturated carbocycles. The Kier molecular flexibility index (Phi) is 4.37. The van der Waals surface area contributed by atoms with Crippen molar-refractivity contribution < 1.29 is 5.11 Å². The Morgan fingerprint density at radius 3 is 1.67 bits per heavy atom. The van der Waals surface area contributed by atoms with E-state index in [1.807, 2.05) is 42.5 Å². The van der Waals surface area contributed by atoms with E-state index in [0.29, 0.717) is 17.1 Å². The van der Waals surface area contributed by atoms with Crippen molar-refractivity contribution >= 4 is 11.5 Å². The summed E-state index contributed by atoms with van der Waals surface area (Å²) < 4.78 is 2.56. The number of aromatic hydroxyl groups is 1. The van der Waals surface area contributed by atoms with Gasteiger partial charge in [-0.05, 0) is 36.4 Å². The minimum Gasteiger partial charge on any atom is -0.491 e. The Labute approximate surface area is 155 Å². The Morgan fingerprint density at radius 2 is 1.11 bits per heavy atom. The molecule has 0 amide bonds. The van der Waals surface area contributed by atoms with Gasteiger partial charge in [0.2, 0.25) is 11.7 Å². The summed E-state index contributed by atoms with van der Waals surface area (Å²) in [6.07, 6.45) is 0. The fourth-order valence-electron chi connectivity index (χ4n) is 2.79. The van der Waals surface area contributed by atoms with Crippen LogP contribution in [0, 0.1) is 0 Å². The Morgan fingerprint density at radius 1 is 0.630 bits per heavy atom. The van der Waals surface area contributed by atoms with Crippen molar-refractivity contribution in [1.29, 1.82) is 0 Å². The second-order valence-corrected chi connectivity index (χ2v) is 5.81. The first-order chi connectivity index (χ1) is 13.3. The molecular formula is C21H16N4O2. The first kappa shape index (κ1) is 16.5. The molecule has 6 heteroatoms. The molecule has 1 heterocycles. The molecule has 1 N–H and O–H groups in total. The summed E-state index contributed by atoms with van der Waals surface area (Å²) >= 11 is 0. The average Bonchev–Trinajstić information content (AvgIpc) is 2.98. The maximum absolute atomic E-state index is 13.1. The van der Waals surface area contributed by atoms with Gasteiger partial charge in [0.15, 0.2) is 0 Å². The standard InChI is InChI=1S/C21H16N4O2/c26-20-19(23-22-16-10-4-1-5-11-16)24(17-12-6-2-7-13-17)21(27)25(20)18-14-8-3-9-15-18/h1-15,26H. The Hall–Kier alpha value is -3.93. The zero-order valence-electron chi connectivity index (χ0n) is 14.3. The van der Waals surface area contributed by atoms with Gasteiger partial charge in [-0.25, -0.2) is 13.9 Å². The van der Waals surface area contributed by atoms with Crippen LogP contribution in [0.3, 0.4) is 0 Å². The number of rotatable bonds is 4. The molecule has 0 unspecified atom stereocenters. The van der Waals surface area contributed by atoms with E-state index in [-0.39, 0.29) is 11.7 Å². The highest BCUT2D eigenvalue weighted by atomic mass is 16.3. The van der Waals surface area contributed by atoms with E-state index >= 15 is 0 Å². The molecule has 0 atom stereocenters. The van der Waals surface area contributed by atoms with Crippen LogP contribution in [0.2, 0.25) is 0 Å². The number of imidazole rings is 1. The highest BCUT2D eigenvalue weighted by molar-refractivity contribution is 5.53. The van der Waals surface area contributed by atoms with Gasteiger partial charge in [0.05, 0.1) is 17.1 Å². The van der Waals surface area contributed by atoms with Crippen LogP contribution < -0.4 is 5.69 Å². The normalized spacial score (nSPS) is 11.1. The molecule has 0 saturated heterocycles. The topological polar surface area (TPSA) is 71.9 Å². The van der Waals surface area contributed by atoms with Crippen LogP contribution in [0.5, 0.6) is 5.88 Å². The van der Waals surface area contributed by atoms with Crippen LogP contribution in [0.15, 0.2) is 106 Å². The van der Waals surface area contributed by atoms with Gasteiger partial charge in [0, 0.05) is 0 Å². The summed E-state index contributed by atoms with van der Waals surface area (Å²) in [5.41, 5.74) is 1.34. The zero-order valence-corrected chi connectivity index (χ0v) is 14.3. The molecule has 0 aliphatic carbocycles. The first-order valence-corrected chi connectivity index (χ1v) is 8.40. The molecule has 132 valence electrons. The number of hydrogen-bond donors (Lipinski definition) is 1. The summed E-state index contributed by atoms with van der Waals surface area (Å²) in [6, 6.07) is 27.1. The van der Waals surface area contributed by atoms with E-state index in [1.54, 1.807) is 48.5 Å². The lowest BCUT2D eigenvalue weighted by molar-refractivity contribution is 0.442. The van der Waals surface area contributed by atoms with Crippen molar-refractivity contribution in [2.45, 2.75) is 0 Å². The van der Waals surface area contributed by atoms with Crippen LogP contribution in [0.25, 0.3) is 11.4 Å². The molecule has 27 heavy (non-hydrogen) atoms. The molecule has 0 fully saturated rings. The summed E-state index contributed by atoms with van der Waals surface area (Å²) in [5.74, 6) is -0.200. The summed E-state index contributed by atoms with van der Waals surface area (Å²) in [7, 11) is 0. The fourth-order valence-corrected chi connectivity index (χ4v) is 2.79. The maximum atomic E-state index is 13.1. The van der Waals surface area contributed by atoms with Gasteiger partial charge in [-0.2, -0.15) is 0 Å². The molecule has 0 bridgehead atoms. The summed E-state index contributed by atoms with van der Waals surface area (Å²) in [6.45, 7) is 0. The minimum absolute atomic E-state index is 0.0684. The Bertz CT molecular complexity index is 1130. The van der Waals surface area contributed by atoms with Crippen molar-refractivity contribution in [3.63, 3.8) is 0 Å². The van der Waals surface area contributed by atoms with E-state index in [2.05, 4.69) is 10.2 Å². The second kappa shape index (κ2) is 7.13. The Balaban J connectivity index is 1.94. The second-order valence-electron chi connectivity index (χ2n) is 5.81. The third-order valence-electron chi connectivity index (χ3n) is 4.05. The van der Waals surface area contributed by atoms with Gasteiger partial charge in [-0.3, -0.25) is 0 Å². The fraction of sp³-hybridized carbons (Fsp3) is 0. The van der Waals surface area contributed by atoms with Crippen LogP contribution in [-0.4, -0.2) is 14.2 Å². The summed E-state index contributed by atoms with van der Waals surface area (Å²) in [5, 5.41) is 19.1. The van der Waals surface area contributed by atoms with Gasteiger partial charge in [-0.15, -0.1) is 10.2 Å². The lowest BCUT2D eigenvalue weighted by Crippen LogP contribution is -2.21. The quantitative estimate of drug-likeness (QED) is 0.536. The number of para-hydroxylation sites is 2. The number of azo groups is 1. The van der Waals surface area contributed by atoms with Crippen LogP contribution >= 0.6 is 0 Å². The van der Waals surface area contributed by atoms with E-state index in [4.69, 9.17) is 0 Å². The molecule has 0 spiro atoms. The number of benzene rings is 3. The zero-order chi connectivity index (χ0) is 18.6. The predicted molar refractivity (Wildman–Crippen MR) is 104 cm³/mol. The van der Waals surface area contributed by atoms with Crippen LogP contribution in [0.4, 0.5) is 11.5 Å². The predicted octanol–water partition coefficient (Wildman–Crippen LogP) is 4.75. The molecule has 4 rings (SSSR count). The molecule has 3 aromatic carbocycles. The minimum atomic E-state index is -0.424. The number of hydrogen-bond acceptors (Lipinski definition) is 4. The van der Waals surface area contributed by atoms with Gasteiger partial charge in [0.25, 0.3) is 0 Å². The summed E-state index contributed by atoms with van der Waals surface area (Å²) in [4.78, 5) is 13.1. The van der Waals surface area contributed by atoms with Gasteiger partial charge in [-0.1, -0.05) is 54.6 Å². The SMILES string of the molecule is O=c1n(-c2ccccc2)c(O)c(N=Nc2ccccc2)n1-c1ccccc1. The van der Waals surface area contributed by atoms with Crippen molar-refractivity contribution in [1.82, 2.24) is 9.13 Å². The third-order valence-corrected chi connectivity index (χ3v) is 4.05. The molecule has 0 radical (unpaired) electrons. The van der Waals surface area contributed by atoms with Crippen molar-refractivity contribution in [2.24, 2.45) is 10.2 Å². The average molecular weight is 356 g/mol. The third kappa shape index (κ3) is 3.16. The maximum Gasteiger partial charge on any atom is 0.342 e. The molecule has 1 aromatic heterocycles. The van der Waals surface area contributed by atoms with E-state index < -0.39 is 5.69 Å². The smallest absolute Gasteiger partial charge is 0.342 e. The lowest BCUT2D eigenvalue weighted by Gasteiger charge is -2.02. The lowest BCUT2D eigenvalue weighted by atomic mass is 10.3. The van der Waals surface area contributed by atoms with Crippen molar-refractivity contribution in [3.05, 3.63) is 101 Å². The molecule has 0 aliphatic heterocycles. The number of nitrogens with zero attached hydrogens (tertiary/aromatic N) is 4. The molecule has 6 nitrogen and oxygen atoms in total. The highest BCUT2D eigenvalue weighted by Crippen LogP contribution is 2.31. The van der Waals surface area contributed by atoms with Gasteiger partial charge < -0.3 is 5.11 Å².